The highest BCUT2D eigenvalue weighted by Gasteiger charge is 2.10. The van der Waals surface area contributed by atoms with Crippen molar-refractivity contribution in [2.24, 2.45) is 0 Å². The Kier molecular flexibility index (Phi) is 5.82. The van der Waals surface area contributed by atoms with E-state index in [1.807, 2.05) is 7.05 Å². The number of aromatic nitrogens is 2. The number of aryl methyl sites for hydroxylation is 1. The van der Waals surface area contributed by atoms with Crippen LogP contribution in [0.1, 0.15) is 30.5 Å². The summed E-state index contributed by atoms with van der Waals surface area (Å²) < 4.78 is 1.03. The number of rotatable bonds is 7. The number of thioether (sulfide) groups is 1. The van der Waals surface area contributed by atoms with Gasteiger partial charge < -0.3 is 5.32 Å². The van der Waals surface area contributed by atoms with Crippen LogP contribution < -0.4 is 5.32 Å². The summed E-state index contributed by atoms with van der Waals surface area (Å²) in [6.07, 6.45) is 2.35. The Morgan fingerprint density at radius 2 is 2.11 bits per heavy atom. The van der Waals surface area contributed by atoms with Gasteiger partial charge in [-0.25, -0.2) is 0 Å². The van der Waals surface area contributed by atoms with Crippen molar-refractivity contribution < 1.29 is 0 Å². The van der Waals surface area contributed by atoms with E-state index < -0.39 is 0 Å². The average molecular weight is 293 g/mol. The van der Waals surface area contributed by atoms with E-state index in [9.17, 15) is 0 Å². The van der Waals surface area contributed by atoms with E-state index in [0.29, 0.717) is 6.04 Å². The van der Waals surface area contributed by atoms with Crippen LogP contribution in [0.3, 0.4) is 0 Å². The largest absolute Gasteiger partial charge is 0.312 e. The Morgan fingerprint density at radius 3 is 2.68 bits per heavy atom. The zero-order valence-corrected chi connectivity index (χ0v) is 12.9. The lowest BCUT2D eigenvalue weighted by Crippen LogP contribution is -2.18. The van der Waals surface area contributed by atoms with Crippen molar-refractivity contribution in [1.82, 2.24) is 15.5 Å². The maximum absolute atomic E-state index is 4.06. The van der Waals surface area contributed by atoms with Crippen LogP contribution in [0.25, 0.3) is 0 Å². The molecule has 0 radical (unpaired) electrons. The van der Waals surface area contributed by atoms with Crippen molar-refractivity contribution in [3.8, 4) is 0 Å². The van der Waals surface area contributed by atoms with Gasteiger partial charge in [0.15, 0.2) is 4.34 Å². The lowest BCUT2D eigenvalue weighted by atomic mass is 10.0. The minimum atomic E-state index is 0.351. The van der Waals surface area contributed by atoms with Crippen LogP contribution in [-0.4, -0.2) is 23.0 Å². The molecule has 2 rings (SSSR count). The van der Waals surface area contributed by atoms with E-state index in [1.165, 1.54) is 17.5 Å². The molecule has 19 heavy (non-hydrogen) atoms. The maximum atomic E-state index is 4.06. The molecule has 1 atom stereocenters. The second kappa shape index (κ2) is 7.62. The average Bonchev–Trinajstić information content (AvgIpc) is 2.95. The van der Waals surface area contributed by atoms with Gasteiger partial charge in [0.1, 0.15) is 5.51 Å². The molecular weight excluding hydrogens is 274 g/mol. The first-order chi connectivity index (χ1) is 9.33. The molecule has 102 valence electrons. The minimum absolute atomic E-state index is 0.351. The van der Waals surface area contributed by atoms with Crippen LogP contribution in [0, 0.1) is 0 Å². The van der Waals surface area contributed by atoms with E-state index in [4.69, 9.17) is 0 Å². The summed E-state index contributed by atoms with van der Waals surface area (Å²) in [5.41, 5.74) is 4.52. The molecule has 0 amide bonds. The molecule has 0 aliphatic heterocycles. The highest BCUT2D eigenvalue weighted by Crippen LogP contribution is 2.25. The predicted octanol–water partition coefficient (Wildman–Crippen LogP) is 3.54. The van der Waals surface area contributed by atoms with Gasteiger partial charge in [-0.1, -0.05) is 60.7 Å². The molecule has 3 nitrogen and oxygen atoms in total. The van der Waals surface area contributed by atoms with Crippen molar-refractivity contribution in [3.05, 3.63) is 40.9 Å². The van der Waals surface area contributed by atoms with Gasteiger partial charge in [-0.05, 0) is 24.6 Å². The lowest BCUT2D eigenvalue weighted by Gasteiger charge is -2.16. The van der Waals surface area contributed by atoms with E-state index >= 15 is 0 Å². The zero-order valence-electron chi connectivity index (χ0n) is 11.3. The van der Waals surface area contributed by atoms with Crippen molar-refractivity contribution >= 4 is 23.1 Å². The number of benzene rings is 1. The molecular formula is C14H19N3S2. The highest BCUT2D eigenvalue weighted by atomic mass is 32.2. The van der Waals surface area contributed by atoms with Crippen molar-refractivity contribution in [1.29, 1.82) is 0 Å². The lowest BCUT2D eigenvalue weighted by molar-refractivity contribution is 0.661. The molecule has 0 spiro atoms. The van der Waals surface area contributed by atoms with Crippen molar-refractivity contribution in [3.63, 3.8) is 0 Å². The normalized spacial score (nSPS) is 12.5. The first-order valence-corrected chi connectivity index (χ1v) is 8.35. The van der Waals surface area contributed by atoms with E-state index in [0.717, 1.165) is 16.5 Å². The Hall–Kier alpha value is -0.910. The Bertz CT molecular complexity index is 468. The summed E-state index contributed by atoms with van der Waals surface area (Å²) >= 11 is 3.34. The van der Waals surface area contributed by atoms with Gasteiger partial charge in [0.05, 0.1) is 0 Å². The van der Waals surface area contributed by atoms with Crippen LogP contribution in [0.2, 0.25) is 0 Å². The van der Waals surface area contributed by atoms with Crippen LogP contribution in [0.4, 0.5) is 0 Å². The minimum Gasteiger partial charge on any atom is -0.312 e. The zero-order chi connectivity index (χ0) is 13.5. The van der Waals surface area contributed by atoms with E-state index in [-0.39, 0.29) is 0 Å². The summed E-state index contributed by atoms with van der Waals surface area (Å²) in [5.74, 6) is 0.971. The summed E-state index contributed by atoms with van der Waals surface area (Å²) in [5, 5.41) is 11.3. The molecule has 0 aliphatic carbocycles. The second-order valence-electron chi connectivity index (χ2n) is 4.35. The van der Waals surface area contributed by atoms with Crippen molar-refractivity contribution in [2.45, 2.75) is 30.1 Å². The van der Waals surface area contributed by atoms with Crippen LogP contribution >= 0.6 is 23.1 Å². The van der Waals surface area contributed by atoms with Crippen LogP contribution in [-0.2, 0) is 6.42 Å². The van der Waals surface area contributed by atoms with Crippen molar-refractivity contribution in [2.75, 3.05) is 12.8 Å². The van der Waals surface area contributed by atoms with Gasteiger partial charge in [0.25, 0.3) is 0 Å². The quantitative estimate of drug-likeness (QED) is 0.792. The molecule has 1 N–H and O–H groups in total. The Labute approximate surface area is 122 Å². The van der Waals surface area contributed by atoms with Gasteiger partial charge in [-0.3, -0.25) is 0 Å². The van der Waals surface area contributed by atoms with Gasteiger partial charge in [-0.2, -0.15) is 0 Å². The standard InChI is InChI=1S/C14H19N3S2/c1-3-4-11-5-7-12(8-6-11)13(15-2)9-18-14-17-16-10-19-14/h5-8,10,13,15H,3-4,9H2,1-2H3. The maximum Gasteiger partial charge on any atom is 0.174 e. The fourth-order valence-electron chi connectivity index (χ4n) is 1.93. The number of hydrogen-bond donors (Lipinski definition) is 1. The van der Waals surface area contributed by atoms with Gasteiger partial charge in [0, 0.05) is 11.8 Å². The molecule has 0 bridgehead atoms. The fraction of sp³-hybridized carbons (Fsp3) is 0.429. The molecule has 0 fully saturated rings. The molecule has 1 unspecified atom stereocenters. The molecule has 0 aliphatic rings. The van der Waals surface area contributed by atoms with Gasteiger partial charge >= 0.3 is 0 Å². The van der Waals surface area contributed by atoms with E-state index in [1.54, 1.807) is 28.6 Å². The second-order valence-corrected chi connectivity index (χ2v) is 6.45. The molecule has 0 saturated carbocycles. The molecule has 1 heterocycles. The first-order valence-electron chi connectivity index (χ1n) is 6.48. The summed E-state index contributed by atoms with van der Waals surface area (Å²) in [6.45, 7) is 2.21. The molecule has 5 heteroatoms. The number of nitrogens with one attached hydrogen (secondary N) is 1. The first kappa shape index (κ1) is 14.5. The Morgan fingerprint density at radius 1 is 1.32 bits per heavy atom. The van der Waals surface area contributed by atoms with Gasteiger partial charge in [0.2, 0.25) is 0 Å². The third-order valence-electron chi connectivity index (χ3n) is 2.98. The molecule has 0 saturated heterocycles. The summed E-state index contributed by atoms with van der Waals surface area (Å²) in [6, 6.07) is 9.28. The van der Waals surface area contributed by atoms with Gasteiger partial charge in [-0.15, -0.1) is 10.2 Å². The van der Waals surface area contributed by atoms with Crippen LogP contribution in [0.5, 0.6) is 0 Å². The summed E-state index contributed by atoms with van der Waals surface area (Å²) in [7, 11) is 2.01. The highest BCUT2D eigenvalue weighted by molar-refractivity contribution is 8.01. The molecule has 1 aromatic carbocycles. The summed E-state index contributed by atoms with van der Waals surface area (Å²) in [4.78, 5) is 0. The number of hydrogen-bond acceptors (Lipinski definition) is 5. The topological polar surface area (TPSA) is 37.8 Å². The third kappa shape index (κ3) is 4.30. The third-order valence-corrected chi connectivity index (χ3v) is 4.94. The number of nitrogens with zero attached hydrogens (tertiary/aromatic N) is 2. The predicted molar refractivity (Wildman–Crippen MR) is 82.9 cm³/mol. The fourth-order valence-corrected chi connectivity index (χ4v) is 3.59. The molecule has 1 aromatic heterocycles. The Balaban J connectivity index is 1.96. The molecule has 2 aromatic rings. The smallest absolute Gasteiger partial charge is 0.174 e. The van der Waals surface area contributed by atoms with E-state index in [2.05, 4.69) is 46.7 Å². The monoisotopic (exact) mass is 293 g/mol. The van der Waals surface area contributed by atoms with Crippen LogP contribution in [0.15, 0.2) is 34.1 Å². The SMILES string of the molecule is CCCc1ccc(C(CSc2nncs2)NC)cc1.